The first-order valence-electron chi connectivity index (χ1n) is 5.27. The van der Waals surface area contributed by atoms with Crippen LogP contribution in [0.25, 0.3) is 0 Å². The van der Waals surface area contributed by atoms with Gasteiger partial charge in [-0.2, -0.15) is 0 Å². The highest BCUT2D eigenvalue weighted by atomic mass is 32.2. The molecule has 2 rings (SSSR count). The predicted molar refractivity (Wildman–Crippen MR) is 70.0 cm³/mol. The van der Waals surface area contributed by atoms with E-state index in [1.54, 1.807) is 33.1 Å². The van der Waals surface area contributed by atoms with Crippen molar-refractivity contribution in [1.82, 2.24) is 0 Å². The van der Waals surface area contributed by atoms with Gasteiger partial charge in [0, 0.05) is 17.9 Å². The zero-order valence-electron chi connectivity index (χ0n) is 10.1. The molecule has 0 spiro atoms. The largest absolute Gasteiger partial charge is 0.493 e. The van der Waals surface area contributed by atoms with Crippen molar-refractivity contribution in [3.05, 3.63) is 17.7 Å². The molecule has 0 N–H and O–H groups in total. The van der Waals surface area contributed by atoms with Gasteiger partial charge in [-0.1, -0.05) is 0 Å². The highest BCUT2D eigenvalue weighted by molar-refractivity contribution is 8.14. The Hall–Kier alpha value is -1.36. The van der Waals surface area contributed by atoms with Gasteiger partial charge in [-0.3, -0.25) is 4.99 Å². The summed E-state index contributed by atoms with van der Waals surface area (Å²) in [6.07, 6.45) is 0. The molecule has 0 bridgehead atoms. The van der Waals surface area contributed by atoms with Gasteiger partial charge in [-0.25, -0.2) is 0 Å². The molecule has 0 unspecified atom stereocenters. The average molecular weight is 253 g/mol. The van der Waals surface area contributed by atoms with Crippen LogP contribution in [0.15, 0.2) is 17.1 Å². The first-order chi connectivity index (χ1) is 8.30. The van der Waals surface area contributed by atoms with Gasteiger partial charge in [0.15, 0.2) is 11.5 Å². The zero-order valence-corrected chi connectivity index (χ0v) is 11.0. The average Bonchev–Trinajstić information content (AvgIpc) is 2.90. The Morgan fingerprint density at radius 2 is 1.71 bits per heavy atom. The maximum Gasteiger partial charge on any atom is 0.203 e. The molecule has 1 heterocycles. The fraction of sp³-hybridized carbons (Fsp3) is 0.417. The summed E-state index contributed by atoms with van der Waals surface area (Å²) >= 11 is 1.75. The van der Waals surface area contributed by atoms with Crippen molar-refractivity contribution in [2.75, 3.05) is 33.6 Å². The third-order valence-electron chi connectivity index (χ3n) is 2.50. The van der Waals surface area contributed by atoms with Crippen LogP contribution >= 0.6 is 11.8 Å². The quantitative estimate of drug-likeness (QED) is 0.825. The topological polar surface area (TPSA) is 40.0 Å². The molecule has 4 nitrogen and oxygen atoms in total. The van der Waals surface area contributed by atoms with Gasteiger partial charge in [-0.05, 0) is 12.1 Å². The predicted octanol–water partition coefficient (Wildman–Crippen LogP) is 2.21. The minimum Gasteiger partial charge on any atom is -0.493 e. The Kier molecular flexibility index (Phi) is 3.78. The fourth-order valence-electron chi connectivity index (χ4n) is 1.71. The molecular formula is C12H15NO3S. The van der Waals surface area contributed by atoms with Crippen molar-refractivity contribution in [3.8, 4) is 17.2 Å². The molecule has 5 heteroatoms. The molecule has 0 aliphatic carbocycles. The van der Waals surface area contributed by atoms with E-state index in [-0.39, 0.29) is 0 Å². The number of hydrogen-bond donors (Lipinski definition) is 0. The standard InChI is InChI=1S/C12H15NO3S/c1-14-9-6-8(12-13-4-5-17-12)7-10(15-2)11(9)16-3/h6-7H,4-5H2,1-3H3. The summed E-state index contributed by atoms with van der Waals surface area (Å²) in [5.74, 6) is 2.97. The van der Waals surface area contributed by atoms with Gasteiger partial charge >= 0.3 is 0 Å². The van der Waals surface area contributed by atoms with Crippen LogP contribution in [-0.4, -0.2) is 38.7 Å². The number of benzene rings is 1. The molecule has 0 amide bonds. The first kappa shape index (κ1) is 12.1. The van der Waals surface area contributed by atoms with Crippen molar-refractivity contribution >= 4 is 16.8 Å². The van der Waals surface area contributed by atoms with Gasteiger partial charge in [0.05, 0.1) is 26.4 Å². The van der Waals surface area contributed by atoms with Crippen molar-refractivity contribution in [2.24, 2.45) is 4.99 Å². The molecule has 1 aliphatic heterocycles. The Morgan fingerprint density at radius 1 is 1.06 bits per heavy atom. The second-order valence-corrected chi connectivity index (χ2v) is 4.53. The summed E-state index contributed by atoms with van der Waals surface area (Å²) in [6, 6.07) is 3.86. The Labute approximate surface area is 105 Å². The lowest BCUT2D eigenvalue weighted by atomic mass is 10.2. The van der Waals surface area contributed by atoms with Gasteiger partial charge < -0.3 is 14.2 Å². The monoisotopic (exact) mass is 253 g/mol. The summed E-state index contributed by atoms with van der Waals surface area (Å²) in [7, 11) is 4.83. The van der Waals surface area contributed by atoms with E-state index in [2.05, 4.69) is 4.99 Å². The normalized spacial score (nSPS) is 14.4. The van der Waals surface area contributed by atoms with E-state index in [1.165, 1.54) is 0 Å². The van der Waals surface area contributed by atoms with Crippen LogP contribution in [0.4, 0.5) is 0 Å². The summed E-state index contributed by atoms with van der Waals surface area (Å²) in [4.78, 5) is 4.44. The Balaban J connectivity index is 2.48. The van der Waals surface area contributed by atoms with E-state index < -0.39 is 0 Å². The maximum atomic E-state index is 5.31. The molecule has 1 aliphatic rings. The fourth-order valence-corrected chi connectivity index (χ4v) is 2.56. The molecule has 1 aromatic rings. The Bertz CT molecular complexity index is 420. The Morgan fingerprint density at radius 3 is 2.12 bits per heavy atom. The lowest BCUT2D eigenvalue weighted by Gasteiger charge is -2.13. The molecular weight excluding hydrogens is 238 g/mol. The molecule has 0 radical (unpaired) electrons. The smallest absolute Gasteiger partial charge is 0.203 e. The number of hydrogen-bond acceptors (Lipinski definition) is 5. The van der Waals surface area contributed by atoms with Crippen LogP contribution < -0.4 is 14.2 Å². The molecule has 0 fully saturated rings. The third-order valence-corrected chi connectivity index (χ3v) is 3.52. The number of nitrogens with zero attached hydrogens (tertiary/aromatic N) is 1. The van der Waals surface area contributed by atoms with Crippen molar-refractivity contribution in [2.45, 2.75) is 0 Å². The molecule has 1 aromatic carbocycles. The molecule has 0 aromatic heterocycles. The number of aliphatic imine (C=N–C) groups is 1. The highest BCUT2D eigenvalue weighted by Gasteiger charge is 2.17. The van der Waals surface area contributed by atoms with Crippen molar-refractivity contribution < 1.29 is 14.2 Å². The van der Waals surface area contributed by atoms with E-state index in [4.69, 9.17) is 14.2 Å². The summed E-state index contributed by atoms with van der Waals surface area (Å²) in [5.41, 5.74) is 1.02. The molecule has 0 saturated heterocycles. The van der Waals surface area contributed by atoms with E-state index in [0.717, 1.165) is 22.9 Å². The van der Waals surface area contributed by atoms with Gasteiger partial charge in [-0.15, -0.1) is 11.8 Å². The number of methoxy groups -OCH3 is 3. The van der Waals surface area contributed by atoms with E-state index in [1.807, 2.05) is 12.1 Å². The second kappa shape index (κ2) is 5.31. The van der Waals surface area contributed by atoms with Gasteiger partial charge in [0.1, 0.15) is 0 Å². The van der Waals surface area contributed by atoms with Crippen LogP contribution in [0, 0.1) is 0 Å². The van der Waals surface area contributed by atoms with Gasteiger partial charge in [0.25, 0.3) is 0 Å². The first-order valence-corrected chi connectivity index (χ1v) is 6.26. The van der Waals surface area contributed by atoms with Crippen LogP contribution in [0.3, 0.4) is 0 Å². The maximum absolute atomic E-state index is 5.31. The lowest BCUT2D eigenvalue weighted by Crippen LogP contribution is -1.99. The number of rotatable bonds is 4. The van der Waals surface area contributed by atoms with Crippen LogP contribution in [0.2, 0.25) is 0 Å². The van der Waals surface area contributed by atoms with Crippen LogP contribution in [0.5, 0.6) is 17.2 Å². The second-order valence-electron chi connectivity index (χ2n) is 3.45. The molecule has 0 atom stereocenters. The van der Waals surface area contributed by atoms with E-state index in [0.29, 0.717) is 17.2 Å². The van der Waals surface area contributed by atoms with E-state index >= 15 is 0 Å². The third kappa shape index (κ3) is 2.34. The molecule has 92 valence electrons. The minimum atomic E-state index is 0.613. The molecule has 17 heavy (non-hydrogen) atoms. The van der Waals surface area contributed by atoms with E-state index in [9.17, 15) is 0 Å². The lowest BCUT2D eigenvalue weighted by molar-refractivity contribution is 0.324. The zero-order chi connectivity index (χ0) is 12.3. The minimum absolute atomic E-state index is 0.613. The van der Waals surface area contributed by atoms with Crippen molar-refractivity contribution in [1.29, 1.82) is 0 Å². The number of ether oxygens (including phenoxy) is 3. The van der Waals surface area contributed by atoms with Gasteiger partial charge in [0.2, 0.25) is 5.75 Å². The van der Waals surface area contributed by atoms with Crippen LogP contribution in [0.1, 0.15) is 5.56 Å². The van der Waals surface area contributed by atoms with Crippen LogP contribution in [-0.2, 0) is 0 Å². The van der Waals surface area contributed by atoms with Crippen molar-refractivity contribution in [3.63, 3.8) is 0 Å². The highest BCUT2D eigenvalue weighted by Crippen LogP contribution is 2.39. The summed E-state index contributed by atoms with van der Waals surface area (Å²) in [6.45, 7) is 0.872. The summed E-state index contributed by atoms with van der Waals surface area (Å²) < 4.78 is 15.9. The molecule has 0 saturated carbocycles. The summed E-state index contributed by atoms with van der Waals surface area (Å²) in [5, 5.41) is 1.03. The number of thioether (sulfide) groups is 1. The SMILES string of the molecule is COc1cc(C2=NCCS2)cc(OC)c1OC.